The van der Waals surface area contributed by atoms with Crippen molar-refractivity contribution in [2.75, 3.05) is 13.1 Å². The highest BCUT2D eigenvalue weighted by atomic mass is 79.9. The summed E-state index contributed by atoms with van der Waals surface area (Å²) >= 11 is 3.42. The van der Waals surface area contributed by atoms with E-state index in [1.54, 1.807) is 0 Å². The minimum absolute atomic E-state index is 0.642. The van der Waals surface area contributed by atoms with E-state index < -0.39 is 0 Å². The van der Waals surface area contributed by atoms with Crippen LogP contribution in [0.15, 0.2) is 10.7 Å². The lowest BCUT2D eigenvalue weighted by Gasteiger charge is -2.23. The van der Waals surface area contributed by atoms with Crippen molar-refractivity contribution in [2.24, 2.45) is 0 Å². The maximum absolute atomic E-state index is 4.41. The second kappa shape index (κ2) is 4.03. The maximum Gasteiger partial charge on any atom is 0.128 e. The van der Waals surface area contributed by atoms with Crippen molar-refractivity contribution in [3.63, 3.8) is 0 Å². The van der Waals surface area contributed by atoms with E-state index in [0.717, 1.165) is 30.7 Å². The Morgan fingerprint density at radius 1 is 1.36 bits per heavy atom. The van der Waals surface area contributed by atoms with Crippen LogP contribution in [0.4, 0.5) is 0 Å². The van der Waals surface area contributed by atoms with Crippen molar-refractivity contribution in [3.05, 3.63) is 16.4 Å². The Morgan fingerprint density at radius 3 is 2.86 bits per heavy atom. The molecule has 0 radical (unpaired) electrons. The van der Waals surface area contributed by atoms with Crippen LogP contribution >= 0.6 is 15.9 Å². The molecular formula is C10H16BrN3. The number of hydrogen-bond donors (Lipinski definition) is 0. The molecule has 0 amide bonds. The fourth-order valence-electron chi connectivity index (χ4n) is 1.92. The van der Waals surface area contributed by atoms with Crippen LogP contribution in [-0.4, -0.2) is 33.8 Å². The average molecular weight is 258 g/mol. The van der Waals surface area contributed by atoms with E-state index in [2.05, 4.69) is 50.5 Å². The molecule has 0 atom stereocenters. The Morgan fingerprint density at radius 2 is 2.14 bits per heavy atom. The summed E-state index contributed by atoms with van der Waals surface area (Å²) in [7, 11) is 0. The van der Waals surface area contributed by atoms with E-state index in [1.807, 2.05) is 0 Å². The predicted octanol–water partition coefficient (Wildman–Crippen LogP) is 1.91. The van der Waals surface area contributed by atoms with E-state index in [-0.39, 0.29) is 0 Å². The summed E-state index contributed by atoms with van der Waals surface area (Å²) in [4.78, 5) is 2.50. The molecule has 78 valence electrons. The third-order valence-corrected chi connectivity index (χ3v) is 3.21. The van der Waals surface area contributed by atoms with Crippen molar-refractivity contribution in [2.45, 2.75) is 32.9 Å². The molecule has 0 saturated heterocycles. The van der Waals surface area contributed by atoms with E-state index in [1.165, 1.54) is 5.69 Å². The molecule has 2 rings (SSSR count). The minimum Gasteiger partial charge on any atom is -0.299 e. The van der Waals surface area contributed by atoms with Crippen molar-refractivity contribution >= 4 is 15.9 Å². The van der Waals surface area contributed by atoms with Gasteiger partial charge in [-0.25, -0.2) is 0 Å². The normalized spacial score (nSPS) is 18.3. The molecule has 0 saturated carbocycles. The van der Waals surface area contributed by atoms with Crippen molar-refractivity contribution < 1.29 is 0 Å². The first-order chi connectivity index (χ1) is 6.66. The van der Waals surface area contributed by atoms with Gasteiger partial charge in [0.2, 0.25) is 0 Å². The van der Waals surface area contributed by atoms with Crippen LogP contribution in [-0.2, 0) is 13.0 Å². The molecule has 1 aromatic rings. The second-order valence-electron chi connectivity index (χ2n) is 4.06. The van der Waals surface area contributed by atoms with Gasteiger partial charge in [-0.15, -0.1) is 0 Å². The molecule has 3 nitrogen and oxygen atoms in total. The standard InChI is InChI=1S/C10H16BrN3/c1-8(2)13-4-3-9-7-10(11)12-14(9)6-5-13/h7-8H,3-6H2,1-2H3. The van der Waals surface area contributed by atoms with Gasteiger partial charge >= 0.3 is 0 Å². The lowest BCUT2D eigenvalue weighted by molar-refractivity contribution is 0.225. The fraction of sp³-hybridized carbons (Fsp3) is 0.700. The quantitative estimate of drug-likeness (QED) is 0.767. The van der Waals surface area contributed by atoms with Crippen molar-refractivity contribution in [1.29, 1.82) is 0 Å². The maximum atomic E-state index is 4.41. The summed E-state index contributed by atoms with van der Waals surface area (Å²) in [5.74, 6) is 0. The van der Waals surface area contributed by atoms with E-state index in [0.29, 0.717) is 6.04 Å². The fourth-order valence-corrected chi connectivity index (χ4v) is 2.38. The Bertz CT molecular complexity index is 294. The summed E-state index contributed by atoms with van der Waals surface area (Å²) in [6, 6.07) is 2.77. The molecule has 0 unspecified atom stereocenters. The molecule has 0 spiro atoms. The SMILES string of the molecule is CC(C)N1CCc2cc(Br)nn2CC1. The summed E-state index contributed by atoms with van der Waals surface area (Å²) < 4.78 is 3.08. The highest BCUT2D eigenvalue weighted by molar-refractivity contribution is 9.10. The Labute approximate surface area is 93.2 Å². The molecule has 2 heterocycles. The summed E-state index contributed by atoms with van der Waals surface area (Å²) in [5.41, 5.74) is 1.35. The molecule has 1 aliphatic rings. The third kappa shape index (κ3) is 2.01. The topological polar surface area (TPSA) is 21.1 Å². The predicted molar refractivity (Wildman–Crippen MR) is 60.3 cm³/mol. The van der Waals surface area contributed by atoms with Crippen molar-refractivity contribution in [1.82, 2.24) is 14.7 Å². The Hall–Kier alpha value is -0.350. The van der Waals surface area contributed by atoms with Gasteiger partial charge in [-0.1, -0.05) is 0 Å². The largest absolute Gasteiger partial charge is 0.299 e. The molecule has 1 aromatic heterocycles. The van der Waals surface area contributed by atoms with Gasteiger partial charge in [-0.05, 0) is 35.8 Å². The highest BCUT2D eigenvalue weighted by Gasteiger charge is 2.16. The minimum atomic E-state index is 0.642. The molecule has 0 aliphatic carbocycles. The van der Waals surface area contributed by atoms with Gasteiger partial charge in [-0.3, -0.25) is 9.58 Å². The van der Waals surface area contributed by atoms with Crippen LogP contribution < -0.4 is 0 Å². The van der Waals surface area contributed by atoms with Crippen LogP contribution in [0.2, 0.25) is 0 Å². The Balaban J connectivity index is 2.12. The monoisotopic (exact) mass is 257 g/mol. The lowest BCUT2D eigenvalue weighted by atomic mass is 10.2. The van der Waals surface area contributed by atoms with Crippen LogP contribution in [0, 0.1) is 0 Å². The zero-order valence-electron chi connectivity index (χ0n) is 8.70. The van der Waals surface area contributed by atoms with Crippen LogP contribution in [0.3, 0.4) is 0 Å². The number of aromatic nitrogens is 2. The first-order valence-corrected chi connectivity index (χ1v) is 5.92. The number of nitrogens with zero attached hydrogens (tertiary/aromatic N) is 3. The smallest absolute Gasteiger partial charge is 0.128 e. The highest BCUT2D eigenvalue weighted by Crippen LogP contribution is 2.15. The second-order valence-corrected chi connectivity index (χ2v) is 4.87. The third-order valence-electron chi connectivity index (χ3n) is 2.82. The summed E-state index contributed by atoms with van der Waals surface area (Å²) in [5, 5.41) is 4.41. The number of rotatable bonds is 1. The summed E-state index contributed by atoms with van der Waals surface area (Å²) in [6.45, 7) is 7.78. The molecular weight excluding hydrogens is 242 g/mol. The van der Waals surface area contributed by atoms with Crippen LogP contribution in [0.1, 0.15) is 19.5 Å². The van der Waals surface area contributed by atoms with Crippen LogP contribution in [0.5, 0.6) is 0 Å². The summed E-state index contributed by atoms with van der Waals surface area (Å²) in [6.07, 6.45) is 1.11. The van der Waals surface area contributed by atoms with Gasteiger partial charge in [0.1, 0.15) is 4.60 Å². The van der Waals surface area contributed by atoms with Crippen LogP contribution in [0.25, 0.3) is 0 Å². The molecule has 0 fully saturated rings. The number of fused-ring (bicyclic) bond motifs is 1. The molecule has 4 heteroatoms. The van der Waals surface area contributed by atoms with Gasteiger partial charge in [-0.2, -0.15) is 5.10 Å². The zero-order valence-corrected chi connectivity index (χ0v) is 10.3. The molecule has 14 heavy (non-hydrogen) atoms. The van der Waals surface area contributed by atoms with Gasteiger partial charge in [0, 0.05) is 31.2 Å². The van der Waals surface area contributed by atoms with Gasteiger partial charge < -0.3 is 0 Å². The van der Waals surface area contributed by atoms with E-state index in [9.17, 15) is 0 Å². The van der Waals surface area contributed by atoms with Gasteiger partial charge in [0.05, 0.1) is 6.54 Å². The molecule has 0 aromatic carbocycles. The van der Waals surface area contributed by atoms with Crippen molar-refractivity contribution in [3.8, 4) is 0 Å². The molecule has 0 bridgehead atoms. The molecule has 1 aliphatic heterocycles. The molecule has 0 N–H and O–H groups in total. The number of halogens is 1. The van der Waals surface area contributed by atoms with Gasteiger partial charge in [0.25, 0.3) is 0 Å². The number of hydrogen-bond acceptors (Lipinski definition) is 2. The average Bonchev–Trinajstić information content (AvgIpc) is 2.34. The first kappa shape index (κ1) is 10.2. The van der Waals surface area contributed by atoms with Gasteiger partial charge in [0.15, 0.2) is 0 Å². The zero-order chi connectivity index (χ0) is 10.1. The van der Waals surface area contributed by atoms with E-state index >= 15 is 0 Å². The Kier molecular flexibility index (Phi) is 2.93. The first-order valence-electron chi connectivity index (χ1n) is 5.13. The van der Waals surface area contributed by atoms with E-state index in [4.69, 9.17) is 0 Å². The lowest BCUT2D eigenvalue weighted by Crippen LogP contribution is -2.33.